The van der Waals surface area contributed by atoms with Gasteiger partial charge in [-0.05, 0) is 21.0 Å². The van der Waals surface area contributed by atoms with Crippen LogP contribution in [0, 0.1) is 0 Å². The summed E-state index contributed by atoms with van der Waals surface area (Å²) in [5.74, 6) is 0. The minimum absolute atomic E-state index is 0.418. The molecule has 1 aliphatic heterocycles. The predicted molar refractivity (Wildman–Crippen MR) is 50.4 cm³/mol. The lowest BCUT2D eigenvalue weighted by Gasteiger charge is -2.31. The SMILES string of the molecule is CC1CN(CCN(C)C)CCO1. The van der Waals surface area contributed by atoms with Crippen LogP contribution in [0.2, 0.25) is 0 Å². The maximum absolute atomic E-state index is 5.46. The molecule has 3 heteroatoms. The fraction of sp³-hybridized carbons (Fsp3) is 1.00. The van der Waals surface area contributed by atoms with Crippen LogP contribution in [0.4, 0.5) is 0 Å². The zero-order chi connectivity index (χ0) is 8.97. The van der Waals surface area contributed by atoms with Crippen LogP contribution in [0.25, 0.3) is 0 Å². The highest BCUT2D eigenvalue weighted by Crippen LogP contribution is 2.03. The van der Waals surface area contributed by atoms with Crippen LogP contribution in [-0.4, -0.2) is 62.8 Å². The van der Waals surface area contributed by atoms with Crippen LogP contribution in [0.1, 0.15) is 6.92 Å². The van der Waals surface area contributed by atoms with Gasteiger partial charge in [-0.3, -0.25) is 4.90 Å². The summed E-state index contributed by atoms with van der Waals surface area (Å²) in [7, 11) is 4.23. The van der Waals surface area contributed by atoms with Gasteiger partial charge in [-0.15, -0.1) is 0 Å². The lowest BCUT2D eigenvalue weighted by Crippen LogP contribution is -2.43. The summed E-state index contributed by atoms with van der Waals surface area (Å²) in [6.07, 6.45) is 0.418. The molecule has 1 unspecified atom stereocenters. The van der Waals surface area contributed by atoms with Crippen LogP contribution in [0.15, 0.2) is 0 Å². The van der Waals surface area contributed by atoms with Crippen molar-refractivity contribution in [2.75, 3.05) is 46.9 Å². The Hall–Kier alpha value is -0.120. The minimum Gasteiger partial charge on any atom is -0.376 e. The van der Waals surface area contributed by atoms with Crippen molar-refractivity contribution in [2.24, 2.45) is 0 Å². The van der Waals surface area contributed by atoms with Crippen LogP contribution in [0.3, 0.4) is 0 Å². The highest BCUT2D eigenvalue weighted by molar-refractivity contribution is 4.68. The molecule has 1 rings (SSSR count). The quantitative estimate of drug-likeness (QED) is 0.607. The summed E-state index contributed by atoms with van der Waals surface area (Å²) in [4.78, 5) is 4.69. The molecule has 1 atom stereocenters. The molecular weight excluding hydrogens is 152 g/mol. The molecule has 0 bridgehead atoms. The van der Waals surface area contributed by atoms with Crippen LogP contribution in [0.5, 0.6) is 0 Å². The average molecular weight is 172 g/mol. The van der Waals surface area contributed by atoms with Gasteiger partial charge in [0.15, 0.2) is 0 Å². The Morgan fingerprint density at radius 2 is 2.25 bits per heavy atom. The van der Waals surface area contributed by atoms with Crippen LogP contribution in [-0.2, 0) is 4.74 Å². The molecule has 0 amide bonds. The lowest BCUT2D eigenvalue weighted by atomic mass is 10.3. The van der Waals surface area contributed by atoms with Gasteiger partial charge in [-0.1, -0.05) is 0 Å². The molecule has 3 nitrogen and oxygen atoms in total. The molecule has 0 saturated carbocycles. The van der Waals surface area contributed by atoms with E-state index in [1.807, 2.05) is 0 Å². The molecule has 0 aromatic rings. The molecular formula is C9H20N2O. The molecule has 0 aromatic carbocycles. The predicted octanol–water partition coefficient (Wildman–Crippen LogP) is 0.269. The Morgan fingerprint density at radius 3 is 2.83 bits per heavy atom. The van der Waals surface area contributed by atoms with Gasteiger partial charge in [-0.25, -0.2) is 0 Å². The molecule has 0 N–H and O–H groups in total. The Kier molecular flexibility index (Phi) is 3.98. The number of morpholine rings is 1. The molecule has 72 valence electrons. The summed E-state index contributed by atoms with van der Waals surface area (Å²) in [6, 6.07) is 0. The number of ether oxygens (including phenoxy) is 1. The third kappa shape index (κ3) is 3.52. The van der Waals surface area contributed by atoms with E-state index in [0.717, 1.165) is 26.2 Å². The average Bonchev–Trinajstić information content (AvgIpc) is 2.01. The van der Waals surface area contributed by atoms with Gasteiger partial charge in [0.05, 0.1) is 12.7 Å². The molecule has 1 saturated heterocycles. The van der Waals surface area contributed by atoms with Crippen LogP contribution < -0.4 is 0 Å². The monoisotopic (exact) mass is 172 g/mol. The standard InChI is InChI=1S/C9H20N2O/c1-9-8-11(6-7-12-9)5-4-10(2)3/h9H,4-8H2,1-3H3. The molecule has 0 spiro atoms. The Labute approximate surface area is 75.3 Å². The zero-order valence-electron chi connectivity index (χ0n) is 8.42. The van der Waals surface area contributed by atoms with Gasteiger partial charge in [0.1, 0.15) is 0 Å². The van der Waals surface area contributed by atoms with Crippen molar-refractivity contribution >= 4 is 0 Å². The number of rotatable bonds is 3. The fourth-order valence-electron chi connectivity index (χ4n) is 1.44. The third-order valence-corrected chi connectivity index (χ3v) is 2.19. The minimum atomic E-state index is 0.418. The first-order chi connectivity index (χ1) is 5.68. The summed E-state index contributed by atoms with van der Waals surface area (Å²) in [5, 5.41) is 0. The number of hydrogen-bond donors (Lipinski definition) is 0. The molecule has 1 heterocycles. The van der Waals surface area contributed by atoms with Crippen molar-refractivity contribution < 1.29 is 4.74 Å². The lowest BCUT2D eigenvalue weighted by molar-refractivity contribution is -0.0195. The third-order valence-electron chi connectivity index (χ3n) is 2.19. The van der Waals surface area contributed by atoms with Gasteiger partial charge >= 0.3 is 0 Å². The molecule has 0 radical (unpaired) electrons. The second-order valence-electron chi connectivity index (χ2n) is 3.79. The van der Waals surface area contributed by atoms with Gasteiger partial charge in [0.25, 0.3) is 0 Å². The summed E-state index contributed by atoms with van der Waals surface area (Å²) in [6.45, 7) is 7.54. The van der Waals surface area contributed by atoms with Gasteiger partial charge in [0, 0.05) is 26.2 Å². The van der Waals surface area contributed by atoms with Crippen LogP contribution >= 0.6 is 0 Å². The molecule has 0 aromatic heterocycles. The van der Waals surface area contributed by atoms with E-state index in [4.69, 9.17) is 4.74 Å². The molecule has 1 fully saturated rings. The van der Waals surface area contributed by atoms with Gasteiger partial charge in [-0.2, -0.15) is 0 Å². The van der Waals surface area contributed by atoms with Crippen molar-refractivity contribution in [3.05, 3.63) is 0 Å². The largest absolute Gasteiger partial charge is 0.376 e. The second kappa shape index (κ2) is 4.80. The normalized spacial score (nSPS) is 26.5. The van der Waals surface area contributed by atoms with E-state index in [-0.39, 0.29) is 0 Å². The highest BCUT2D eigenvalue weighted by atomic mass is 16.5. The van der Waals surface area contributed by atoms with Gasteiger partial charge in [0.2, 0.25) is 0 Å². The zero-order valence-corrected chi connectivity index (χ0v) is 8.42. The molecule has 12 heavy (non-hydrogen) atoms. The van der Waals surface area contributed by atoms with E-state index in [2.05, 4.69) is 30.8 Å². The first kappa shape index (κ1) is 9.96. The smallest absolute Gasteiger partial charge is 0.0674 e. The van der Waals surface area contributed by atoms with E-state index in [1.165, 1.54) is 6.54 Å². The summed E-state index contributed by atoms with van der Waals surface area (Å²) >= 11 is 0. The second-order valence-corrected chi connectivity index (χ2v) is 3.79. The van der Waals surface area contributed by atoms with E-state index in [1.54, 1.807) is 0 Å². The Balaban J connectivity index is 2.14. The Morgan fingerprint density at radius 1 is 1.50 bits per heavy atom. The Bertz CT molecular complexity index is 128. The first-order valence-electron chi connectivity index (χ1n) is 4.67. The van der Waals surface area contributed by atoms with Crippen molar-refractivity contribution in [2.45, 2.75) is 13.0 Å². The number of nitrogens with zero attached hydrogens (tertiary/aromatic N) is 2. The summed E-state index contributed by atoms with van der Waals surface area (Å²) in [5.41, 5.74) is 0. The van der Waals surface area contributed by atoms with E-state index in [0.29, 0.717) is 6.10 Å². The van der Waals surface area contributed by atoms with Crippen molar-refractivity contribution in [1.29, 1.82) is 0 Å². The summed E-state index contributed by atoms with van der Waals surface area (Å²) < 4.78 is 5.46. The maximum atomic E-state index is 5.46. The maximum Gasteiger partial charge on any atom is 0.0674 e. The van der Waals surface area contributed by atoms with E-state index >= 15 is 0 Å². The highest BCUT2D eigenvalue weighted by Gasteiger charge is 2.15. The fourth-order valence-corrected chi connectivity index (χ4v) is 1.44. The van der Waals surface area contributed by atoms with Gasteiger partial charge < -0.3 is 9.64 Å². The van der Waals surface area contributed by atoms with Crippen molar-refractivity contribution in [1.82, 2.24) is 9.80 Å². The molecule has 0 aliphatic carbocycles. The van der Waals surface area contributed by atoms with Crippen molar-refractivity contribution in [3.63, 3.8) is 0 Å². The first-order valence-corrected chi connectivity index (χ1v) is 4.67. The number of hydrogen-bond acceptors (Lipinski definition) is 3. The molecule has 1 aliphatic rings. The topological polar surface area (TPSA) is 15.7 Å². The van der Waals surface area contributed by atoms with E-state index in [9.17, 15) is 0 Å². The van der Waals surface area contributed by atoms with Crippen molar-refractivity contribution in [3.8, 4) is 0 Å². The van der Waals surface area contributed by atoms with E-state index < -0.39 is 0 Å². The number of likely N-dealkylation sites (N-methyl/N-ethyl adjacent to an activating group) is 1.